The second kappa shape index (κ2) is 8.55. The summed E-state index contributed by atoms with van der Waals surface area (Å²) < 4.78 is 14.0. The van der Waals surface area contributed by atoms with Crippen LogP contribution in [0.3, 0.4) is 0 Å². The summed E-state index contributed by atoms with van der Waals surface area (Å²) in [7, 11) is 5.33. The Morgan fingerprint density at radius 3 is 2.29 bits per heavy atom. The number of rotatable bonds is 5. The lowest BCUT2D eigenvalue weighted by Gasteiger charge is -2.15. The van der Waals surface area contributed by atoms with Gasteiger partial charge in [0.05, 0.1) is 5.69 Å². The minimum Gasteiger partial charge on any atom is -0.375 e. The van der Waals surface area contributed by atoms with Gasteiger partial charge in [0.25, 0.3) is 0 Å². The minimum atomic E-state index is -0.235. The Balaban J connectivity index is 1.91. The van der Waals surface area contributed by atoms with Crippen LogP contribution in [-0.2, 0) is 13.1 Å². The standard InChI is InChI=1S/C18H22ClFN4/c1-21-18(22-11-13-5-4-6-15(19)9-13)23-12-14-7-8-17(24(2)3)16(20)10-14/h4-10H,11-12H2,1-3H3,(H2,21,22,23). The van der Waals surface area contributed by atoms with Crippen molar-refractivity contribution in [3.63, 3.8) is 0 Å². The Kier molecular flexibility index (Phi) is 6.44. The van der Waals surface area contributed by atoms with Gasteiger partial charge in [-0.2, -0.15) is 0 Å². The minimum absolute atomic E-state index is 0.235. The zero-order valence-corrected chi connectivity index (χ0v) is 14.9. The summed E-state index contributed by atoms with van der Waals surface area (Å²) in [6, 6.07) is 12.8. The highest BCUT2D eigenvalue weighted by Gasteiger charge is 2.06. The third-order valence-corrected chi connectivity index (χ3v) is 3.76. The molecule has 2 aromatic rings. The molecule has 4 nitrogen and oxygen atoms in total. The number of nitrogens with one attached hydrogen (secondary N) is 2. The highest BCUT2D eigenvalue weighted by Crippen LogP contribution is 2.18. The van der Waals surface area contributed by atoms with Crippen LogP contribution in [-0.4, -0.2) is 27.1 Å². The summed E-state index contributed by atoms with van der Waals surface area (Å²) in [5.41, 5.74) is 2.48. The van der Waals surface area contributed by atoms with Crippen molar-refractivity contribution in [2.45, 2.75) is 13.1 Å². The van der Waals surface area contributed by atoms with Crippen LogP contribution in [0.5, 0.6) is 0 Å². The highest BCUT2D eigenvalue weighted by molar-refractivity contribution is 6.30. The average molecular weight is 349 g/mol. The van der Waals surface area contributed by atoms with E-state index in [4.69, 9.17) is 11.6 Å². The number of hydrogen-bond acceptors (Lipinski definition) is 2. The number of aliphatic imine (C=N–C) groups is 1. The summed E-state index contributed by atoms with van der Waals surface area (Å²) in [5, 5.41) is 7.08. The molecule has 0 aliphatic rings. The Hall–Kier alpha value is -2.27. The summed E-state index contributed by atoms with van der Waals surface area (Å²) in [6.45, 7) is 1.09. The smallest absolute Gasteiger partial charge is 0.191 e. The van der Waals surface area contributed by atoms with E-state index in [2.05, 4.69) is 15.6 Å². The maximum absolute atomic E-state index is 14.0. The van der Waals surface area contributed by atoms with Gasteiger partial charge in [0.2, 0.25) is 0 Å². The van der Waals surface area contributed by atoms with Gasteiger partial charge in [-0.25, -0.2) is 4.39 Å². The maximum Gasteiger partial charge on any atom is 0.191 e. The Morgan fingerprint density at radius 1 is 1.08 bits per heavy atom. The molecule has 2 aromatic carbocycles. The summed E-state index contributed by atoms with van der Waals surface area (Å²) in [6.07, 6.45) is 0. The van der Waals surface area contributed by atoms with E-state index < -0.39 is 0 Å². The van der Waals surface area contributed by atoms with Gasteiger partial charge in [-0.3, -0.25) is 4.99 Å². The predicted octanol–water partition coefficient (Wildman–Crippen LogP) is 3.41. The molecule has 0 spiro atoms. The van der Waals surface area contributed by atoms with Crippen LogP contribution in [0.15, 0.2) is 47.5 Å². The van der Waals surface area contributed by atoms with Gasteiger partial charge in [-0.1, -0.05) is 29.8 Å². The lowest BCUT2D eigenvalue weighted by atomic mass is 10.2. The van der Waals surface area contributed by atoms with Crippen LogP contribution in [0.1, 0.15) is 11.1 Å². The van der Waals surface area contributed by atoms with E-state index in [1.165, 1.54) is 6.07 Å². The molecule has 6 heteroatoms. The molecule has 0 aliphatic heterocycles. The quantitative estimate of drug-likeness (QED) is 0.642. The lowest BCUT2D eigenvalue weighted by molar-refractivity contribution is 0.623. The molecule has 0 atom stereocenters. The van der Waals surface area contributed by atoms with Crippen molar-refractivity contribution in [1.82, 2.24) is 10.6 Å². The molecule has 0 unspecified atom stereocenters. The Labute approximate surface area is 147 Å². The van der Waals surface area contributed by atoms with Crippen LogP contribution in [0.25, 0.3) is 0 Å². The van der Waals surface area contributed by atoms with Gasteiger partial charge < -0.3 is 15.5 Å². The predicted molar refractivity (Wildman–Crippen MR) is 99.2 cm³/mol. The van der Waals surface area contributed by atoms with E-state index in [9.17, 15) is 4.39 Å². The topological polar surface area (TPSA) is 39.7 Å². The number of hydrogen-bond donors (Lipinski definition) is 2. The number of nitrogens with zero attached hydrogens (tertiary/aromatic N) is 2. The molecule has 2 rings (SSSR count). The normalized spacial score (nSPS) is 11.3. The third-order valence-electron chi connectivity index (χ3n) is 3.53. The summed E-state index contributed by atoms with van der Waals surface area (Å²) >= 11 is 5.97. The first kappa shape index (κ1) is 18.1. The van der Waals surface area contributed by atoms with Gasteiger partial charge in [-0.05, 0) is 35.4 Å². The van der Waals surface area contributed by atoms with Crippen molar-refractivity contribution in [3.05, 3.63) is 64.4 Å². The largest absolute Gasteiger partial charge is 0.375 e. The number of anilines is 1. The van der Waals surface area contributed by atoms with Crippen LogP contribution in [0, 0.1) is 5.82 Å². The molecule has 0 aliphatic carbocycles. The first-order valence-corrected chi connectivity index (χ1v) is 8.02. The molecule has 24 heavy (non-hydrogen) atoms. The van der Waals surface area contributed by atoms with Crippen molar-refractivity contribution in [2.24, 2.45) is 4.99 Å². The number of benzene rings is 2. The molecule has 0 aromatic heterocycles. The van der Waals surface area contributed by atoms with E-state index >= 15 is 0 Å². The Bertz CT molecular complexity index is 716. The van der Waals surface area contributed by atoms with Crippen molar-refractivity contribution in [1.29, 1.82) is 0 Å². The maximum atomic E-state index is 14.0. The molecule has 0 amide bonds. The molecule has 0 saturated heterocycles. The van der Waals surface area contributed by atoms with Gasteiger partial charge in [0.1, 0.15) is 5.82 Å². The molecule has 0 saturated carbocycles. The van der Waals surface area contributed by atoms with Crippen LogP contribution < -0.4 is 15.5 Å². The molecular weight excluding hydrogens is 327 g/mol. The number of halogens is 2. The van der Waals surface area contributed by atoms with Crippen molar-refractivity contribution >= 4 is 23.2 Å². The van der Waals surface area contributed by atoms with Crippen molar-refractivity contribution in [2.75, 3.05) is 26.0 Å². The molecule has 0 fully saturated rings. The van der Waals surface area contributed by atoms with E-state index in [-0.39, 0.29) is 5.82 Å². The van der Waals surface area contributed by atoms with Gasteiger partial charge >= 0.3 is 0 Å². The zero-order valence-electron chi connectivity index (χ0n) is 14.1. The highest BCUT2D eigenvalue weighted by atomic mass is 35.5. The summed E-state index contributed by atoms with van der Waals surface area (Å²) in [5.74, 6) is 0.410. The SMILES string of the molecule is CN=C(NCc1cccc(Cl)c1)NCc1ccc(N(C)C)c(F)c1. The molecule has 0 radical (unpaired) electrons. The average Bonchev–Trinajstić information content (AvgIpc) is 2.55. The summed E-state index contributed by atoms with van der Waals surface area (Å²) in [4.78, 5) is 5.92. The monoisotopic (exact) mass is 348 g/mol. The third kappa shape index (κ3) is 5.13. The number of guanidine groups is 1. The second-order valence-electron chi connectivity index (χ2n) is 5.59. The van der Waals surface area contributed by atoms with E-state index in [0.29, 0.717) is 29.8 Å². The lowest BCUT2D eigenvalue weighted by Crippen LogP contribution is -2.36. The fourth-order valence-electron chi connectivity index (χ4n) is 2.26. The van der Waals surface area contributed by atoms with Gasteiger partial charge in [-0.15, -0.1) is 0 Å². The van der Waals surface area contributed by atoms with Gasteiger partial charge in [0, 0.05) is 39.3 Å². The molecule has 0 bridgehead atoms. The zero-order chi connectivity index (χ0) is 17.5. The first-order valence-electron chi connectivity index (χ1n) is 7.64. The molecular formula is C18H22ClFN4. The fourth-order valence-corrected chi connectivity index (χ4v) is 2.48. The fraction of sp³-hybridized carbons (Fsp3) is 0.278. The first-order chi connectivity index (χ1) is 11.5. The van der Waals surface area contributed by atoms with E-state index in [0.717, 1.165) is 11.1 Å². The van der Waals surface area contributed by atoms with E-state index in [1.54, 1.807) is 18.0 Å². The van der Waals surface area contributed by atoms with Crippen molar-refractivity contribution in [3.8, 4) is 0 Å². The van der Waals surface area contributed by atoms with Crippen LogP contribution in [0.2, 0.25) is 5.02 Å². The molecule has 2 N–H and O–H groups in total. The van der Waals surface area contributed by atoms with Crippen molar-refractivity contribution < 1.29 is 4.39 Å². The molecule has 128 valence electrons. The van der Waals surface area contributed by atoms with Crippen LogP contribution >= 0.6 is 11.6 Å². The van der Waals surface area contributed by atoms with Gasteiger partial charge in [0.15, 0.2) is 5.96 Å². The Morgan fingerprint density at radius 2 is 1.75 bits per heavy atom. The van der Waals surface area contributed by atoms with Crippen LogP contribution in [0.4, 0.5) is 10.1 Å². The molecule has 0 heterocycles. The van der Waals surface area contributed by atoms with E-state index in [1.807, 2.05) is 44.4 Å². The second-order valence-corrected chi connectivity index (χ2v) is 6.03.